The number of nitrogens with zero attached hydrogens (tertiary/aromatic N) is 2. The van der Waals surface area contributed by atoms with Crippen LogP contribution in [0.3, 0.4) is 0 Å². The Balaban J connectivity index is 1.62. The van der Waals surface area contributed by atoms with Crippen LogP contribution in [0.2, 0.25) is 0 Å². The summed E-state index contributed by atoms with van der Waals surface area (Å²) in [7, 11) is 0. The Labute approximate surface area is 171 Å². The Hall–Kier alpha value is -2.12. The van der Waals surface area contributed by atoms with Gasteiger partial charge in [0, 0.05) is 10.9 Å². The number of rotatable bonds is 5. The molecule has 2 heterocycles. The molecule has 144 valence electrons. The number of benzene rings is 1. The maximum Gasteiger partial charge on any atom is 0.267 e. The van der Waals surface area contributed by atoms with Gasteiger partial charge in [0.1, 0.15) is 4.83 Å². The number of nitrogens with one attached hydrogen (secondary N) is 1. The van der Waals surface area contributed by atoms with Gasteiger partial charge in [0.2, 0.25) is 5.91 Å². The zero-order valence-electron chi connectivity index (χ0n) is 15.6. The normalized spacial score (nSPS) is 16.9. The number of carbonyl (C=O) groups excluding carboxylic acids is 1. The molecule has 0 radical (unpaired) electrons. The van der Waals surface area contributed by atoms with E-state index < -0.39 is 0 Å². The molecule has 7 heteroatoms. The summed E-state index contributed by atoms with van der Waals surface area (Å²) in [5.74, 6) is 0.00938. The lowest BCUT2D eigenvalue weighted by molar-refractivity contribution is -0.120. The quantitative estimate of drug-likeness (QED) is 0.514. The van der Waals surface area contributed by atoms with Gasteiger partial charge in [-0.25, -0.2) is 4.98 Å². The number of para-hydroxylation sites is 1. The lowest BCUT2D eigenvalue weighted by atomic mass is 10.2. The lowest BCUT2D eigenvalue weighted by Gasteiger charge is -2.16. The summed E-state index contributed by atoms with van der Waals surface area (Å²) in [5.41, 5.74) is 1.95. The van der Waals surface area contributed by atoms with E-state index in [0.717, 1.165) is 48.0 Å². The van der Waals surface area contributed by atoms with Crippen molar-refractivity contribution in [3.8, 4) is 5.69 Å². The van der Waals surface area contributed by atoms with Gasteiger partial charge in [0.05, 0.1) is 16.3 Å². The molecule has 1 amide bonds. The first-order valence-corrected chi connectivity index (χ1v) is 11.4. The molecule has 0 saturated heterocycles. The first-order valence-electron chi connectivity index (χ1n) is 9.71. The van der Waals surface area contributed by atoms with Crippen LogP contribution in [-0.2, 0) is 17.6 Å². The van der Waals surface area contributed by atoms with Gasteiger partial charge in [0.15, 0.2) is 5.16 Å². The molecule has 3 aromatic rings. The van der Waals surface area contributed by atoms with Crippen molar-refractivity contribution in [3.05, 3.63) is 51.1 Å². The molecule has 0 spiro atoms. The zero-order chi connectivity index (χ0) is 19.3. The molecule has 0 aliphatic heterocycles. The average molecular weight is 412 g/mol. The fraction of sp³-hybridized carbons (Fsp3) is 0.381. The molecular formula is C21H21N3O2S2. The fourth-order valence-electron chi connectivity index (χ4n) is 3.67. The third-order valence-corrected chi connectivity index (χ3v) is 7.54. The van der Waals surface area contributed by atoms with Crippen LogP contribution in [0.15, 0.2) is 40.3 Å². The highest BCUT2D eigenvalue weighted by Gasteiger charge is 2.28. The molecule has 1 aromatic carbocycles. The van der Waals surface area contributed by atoms with Crippen molar-refractivity contribution in [2.24, 2.45) is 0 Å². The smallest absolute Gasteiger partial charge is 0.267 e. The minimum Gasteiger partial charge on any atom is -0.352 e. The van der Waals surface area contributed by atoms with Gasteiger partial charge in [-0.2, -0.15) is 0 Å². The van der Waals surface area contributed by atoms with E-state index in [2.05, 4.69) is 5.32 Å². The van der Waals surface area contributed by atoms with Gasteiger partial charge in [-0.15, -0.1) is 11.3 Å². The van der Waals surface area contributed by atoms with E-state index in [1.54, 1.807) is 15.9 Å². The fourth-order valence-corrected chi connectivity index (χ4v) is 5.90. The van der Waals surface area contributed by atoms with Gasteiger partial charge < -0.3 is 5.32 Å². The summed E-state index contributed by atoms with van der Waals surface area (Å²) in [6.07, 6.45) is 5.21. The SMILES string of the molecule is C[C@@H](Sc1nc2sc3c(c2c(=O)n1-c1ccccc1)CCC3)C(=O)NC1CC1. The molecule has 1 saturated carbocycles. The molecule has 5 nitrogen and oxygen atoms in total. The van der Waals surface area contributed by atoms with Gasteiger partial charge in [0.25, 0.3) is 5.56 Å². The number of aromatic nitrogens is 2. The van der Waals surface area contributed by atoms with Crippen LogP contribution in [0.4, 0.5) is 0 Å². The van der Waals surface area contributed by atoms with Crippen molar-refractivity contribution in [1.29, 1.82) is 0 Å². The largest absolute Gasteiger partial charge is 0.352 e. The maximum atomic E-state index is 13.5. The molecule has 5 rings (SSSR count). The Bertz CT molecular complexity index is 1120. The van der Waals surface area contributed by atoms with Crippen molar-refractivity contribution >= 4 is 39.2 Å². The third kappa shape index (κ3) is 3.16. The van der Waals surface area contributed by atoms with Crippen LogP contribution in [0, 0.1) is 0 Å². The number of thiophene rings is 1. The van der Waals surface area contributed by atoms with Crippen molar-refractivity contribution in [3.63, 3.8) is 0 Å². The summed E-state index contributed by atoms with van der Waals surface area (Å²) in [6.45, 7) is 1.88. The van der Waals surface area contributed by atoms with E-state index in [9.17, 15) is 9.59 Å². The number of aryl methyl sites for hydroxylation is 2. The molecule has 2 aliphatic rings. The monoisotopic (exact) mass is 411 g/mol. The Morgan fingerprint density at radius 2 is 2.07 bits per heavy atom. The lowest BCUT2D eigenvalue weighted by Crippen LogP contribution is -2.33. The van der Waals surface area contributed by atoms with E-state index in [4.69, 9.17) is 4.98 Å². The Morgan fingerprint density at radius 3 is 2.82 bits per heavy atom. The summed E-state index contributed by atoms with van der Waals surface area (Å²) in [6, 6.07) is 9.92. The predicted octanol–water partition coefficient (Wildman–Crippen LogP) is 3.70. The van der Waals surface area contributed by atoms with E-state index in [1.165, 1.54) is 22.2 Å². The topological polar surface area (TPSA) is 64.0 Å². The average Bonchev–Trinajstić information content (AvgIpc) is 3.26. The highest BCUT2D eigenvalue weighted by Crippen LogP contribution is 2.36. The highest BCUT2D eigenvalue weighted by atomic mass is 32.2. The Morgan fingerprint density at radius 1 is 1.29 bits per heavy atom. The molecule has 0 unspecified atom stereocenters. The number of hydrogen-bond donors (Lipinski definition) is 1. The number of fused-ring (bicyclic) bond motifs is 3. The van der Waals surface area contributed by atoms with Gasteiger partial charge in [-0.1, -0.05) is 30.0 Å². The van der Waals surface area contributed by atoms with Crippen LogP contribution in [0.1, 0.15) is 36.6 Å². The van der Waals surface area contributed by atoms with Crippen LogP contribution in [-0.4, -0.2) is 26.8 Å². The molecule has 1 fully saturated rings. The second-order valence-corrected chi connectivity index (χ2v) is 9.84. The van der Waals surface area contributed by atoms with E-state index in [1.807, 2.05) is 37.3 Å². The van der Waals surface area contributed by atoms with E-state index in [0.29, 0.717) is 11.2 Å². The van der Waals surface area contributed by atoms with Crippen LogP contribution in [0.25, 0.3) is 15.9 Å². The molecule has 2 aromatic heterocycles. The molecule has 0 bridgehead atoms. The minimum atomic E-state index is -0.313. The second kappa shape index (κ2) is 7.04. The van der Waals surface area contributed by atoms with Crippen molar-refractivity contribution in [2.75, 3.05) is 0 Å². The molecule has 1 N–H and O–H groups in total. The number of hydrogen-bond acceptors (Lipinski definition) is 5. The highest BCUT2D eigenvalue weighted by molar-refractivity contribution is 8.00. The van der Waals surface area contributed by atoms with E-state index in [-0.39, 0.29) is 16.7 Å². The van der Waals surface area contributed by atoms with Gasteiger partial charge in [-0.05, 0) is 56.7 Å². The number of thioether (sulfide) groups is 1. The van der Waals surface area contributed by atoms with Crippen molar-refractivity contribution in [2.45, 2.75) is 55.5 Å². The standard InChI is InChI=1S/C21H21N3O2S2/c1-12(18(25)22-13-10-11-13)27-21-23-19-17(15-8-5-9-16(15)28-19)20(26)24(21)14-6-3-2-4-7-14/h2-4,6-7,12-13H,5,8-11H2,1H3,(H,22,25)/t12-/m1/s1. The molecular weight excluding hydrogens is 390 g/mol. The van der Waals surface area contributed by atoms with Crippen molar-refractivity contribution in [1.82, 2.24) is 14.9 Å². The van der Waals surface area contributed by atoms with Crippen molar-refractivity contribution < 1.29 is 4.79 Å². The third-order valence-electron chi connectivity index (χ3n) is 5.30. The first kappa shape index (κ1) is 17.9. The molecule has 1 atom stereocenters. The summed E-state index contributed by atoms with van der Waals surface area (Å²) in [4.78, 5) is 32.9. The van der Waals surface area contributed by atoms with Gasteiger partial charge >= 0.3 is 0 Å². The summed E-state index contributed by atoms with van der Waals surface area (Å²) in [5, 5.41) is 4.08. The maximum absolute atomic E-state index is 13.5. The minimum absolute atomic E-state index is 0.00938. The molecule has 2 aliphatic carbocycles. The van der Waals surface area contributed by atoms with Gasteiger partial charge in [-0.3, -0.25) is 14.2 Å². The molecule has 28 heavy (non-hydrogen) atoms. The zero-order valence-corrected chi connectivity index (χ0v) is 17.2. The second-order valence-electron chi connectivity index (χ2n) is 7.45. The summed E-state index contributed by atoms with van der Waals surface area (Å²) >= 11 is 3.00. The predicted molar refractivity (Wildman–Crippen MR) is 114 cm³/mol. The van der Waals surface area contributed by atoms with Crippen LogP contribution in [0.5, 0.6) is 0 Å². The number of carbonyl (C=O) groups is 1. The number of amides is 1. The van der Waals surface area contributed by atoms with Crippen LogP contribution < -0.4 is 10.9 Å². The first-order chi connectivity index (χ1) is 13.6. The van der Waals surface area contributed by atoms with E-state index >= 15 is 0 Å². The summed E-state index contributed by atoms with van der Waals surface area (Å²) < 4.78 is 1.68. The Kier molecular flexibility index (Phi) is 4.51. The van der Waals surface area contributed by atoms with Crippen LogP contribution >= 0.6 is 23.1 Å².